The van der Waals surface area contributed by atoms with Crippen molar-refractivity contribution < 1.29 is 24.5 Å². The molecule has 0 amide bonds. The van der Waals surface area contributed by atoms with Gasteiger partial charge in [-0.3, -0.25) is 9.59 Å². The molecule has 0 aliphatic carbocycles. The van der Waals surface area contributed by atoms with Crippen LogP contribution in [0.5, 0.6) is 5.75 Å². The monoisotopic (exact) mass is 474 g/mol. The van der Waals surface area contributed by atoms with Crippen LogP contribution < -0.4 is 4.74 Å². The fourth-order valence-electron chi connectivity index (χ4n) is 2.90. The normalized spacial score (nSPS) is 11.9. The highest BCUT2D eigenvalue weighted by atomic mass is 79.9. The van der Waals surface area contributed by atoms with Gasteiger partial charge in [-0.25, -0.2) is 0 Å². The first kappa shape index (κ1) is 24.8. The van der Waals surface area contributed by atoms with E-state index in [1.54, 1.807) is 18.2 Å². The number of halogens is 1. The van der Waals surface area contributed by atoms with Crippen LogP contribution in [0.15, 0.2) is 22.7 Å². The highest BCUT2D eigenvalue weighted by Crippen LogP contribution is 2.37. The third-order valence-corrected chi connectivity index (χ3v) is 6.05. The molecule has 0 aliphatic rings. The Morgan fingerprint density at radius 1 is 1.04 bits per heavy atom. The maximum absolute atomic E-state index is 11.6. The van der Waals surface area contributed by atoms with Crippen LogP contribution in [0.2, 0.25) is 0 Å². The molecule has 2 N–H and O–H groups in total. The molecule has 0 heterocycles. The Balaban J connectivity index is 2.48. The molecule has 158 valence electrons. The van der Waals surface area contributed by atoms with E-state index in [1.165, 1.54) is 44.9 Å². The second-order valence-electron chi connectivity index (χ2n) is 6.78. The molecule has 1 aromatic carbocycles. The second kappa shape index (κ2) is 14.7. The third-order valence-electron chi connectivity index (χ3n) is 4.36. The van der Waals surface area contributed by atoms with E-state index in [1.807, 2.05) is 0 Å². The number of rotatable bonds is 16. The Morgan fingerprint density at radius 3 is 2.21 bits per heavy atom. The summed E-state index contributed by atoms with van der Waals surface area (Å²) in [5.74, 6) is -1.88. The van der Waals surface area contributed by atoms with Crippen LogP contribution in [0, 0.1) is 0 Å². The van der Waals surface area contributed by atoms with E-state index >= 15 is 0 Å². The average Bonchev–Trinajstić information content (AvgIpc) is 2.64. The lowest BCUT2D eigenvalue weighted by Crippen LogP contribution is -2.13. The zero-order valence-corrected chi connectivity index (χ0v) is 18.9. The van der Waals surface area contributed by atoms with Gasteiger partial charge in [-0.2, -0.15) is 0 Å². The Labute approximate surface area is 180 Å². The fraction of sp³-hybridized carbons (Fsp3) is 0.619. The Morgan fingerprint density at radius 2 is 1.64 bits per heavy atom. The predicted octanol–water partition coefficient (Wildman–Crippen LogP) is 6.30. The van der Waals surface area contributed by atoms with Gasteiger partial charge in [-0.1, -0.05) is 74.2 Å². The molecule has 5 nitrogen and oxygen atoms in total. The van der Waals surface area contributed by atoms with Crippen molar-refractivity contribution in [2.24, 2.45) is 0 Å². The quantitative estimate of drug-likeness (QED) is 0.273. The standard InChI is InChI=1S/C21H31BrO5S/c1-2-3-4-5-6-7-8-9-10-13-27-18-12-11-16(22)14-17(18)20(21(25)26)28-15-19(23)24/h11-12,14,20H,2-10,13,15H2,1H3,(H,23,24)(H,25,26). The molecule has 0 aliphatic heterocycles. The van der Waals surface area contributed by atoms with Gasteiger partial charge >= 0.3 is 11.9 Å². The SMILES string of the molecule is CCCCCCCCCCCOc1ccc(Br)cc1C(SCC(=O)O)C(=O)O. The molecule has 1 rings (SSSR count). The minimum absolute atomic E-state index is 0.277. The first-order valence-corrected chi connectivity index (χ1v) is 11.8. The Kier molecular flexibility index (Phi) is 13.1. The van der Waals surface area contributed by atoms with E-state index < -0.39 is 17.2 Å². The number of ether oxygens (including phenoxy) is 1. The van der Waals surface area contributed by atoms with Gasteiger partial charge in [0, 0.05) is 10.0 Å². The minimum atomic E-state index is -1.07. The van der Waals surface area contributed by atoms with Crippen LogP contribution in [0.3, 0.4) is 0 Å². The molecule has 7 heteroatoms. The molecule has 0 saturated carbocycles. The van der Waals surface area contributed by atoms with Gasteiger partial charge in [-0.15, -0.1) is 11.8 Å². The topological polar surface area (TPSA) is 83.8 Å². The lowest BCUT2D eigenvalue weighted by Gasteiger charge is -2.17. The summed E-state index contributed by atoms with van der Waals surface area (Å²) in [5, 5.41) is 17.4. The van der Waals surface area contributed by atoms with Gasteiger partial charge in [0.1, 0.15) is 11.0 Å². The molecular formula is C21H31BrO5S. The van der Waals surface area contributed by atoms with E-state index in [-0.39, 0.29) is 5.75 Å². The number of thioether (sulfide) groups is 1. The summed E-state index contributed by atoms with van der Waals surface area (Å²) in [4.78, 5) is 22.5. The van der Waals surface area contributed by atoms with Crippen LogP contribution in [0.25, 0.3) is 0 Å². The highest BCUT2D eigenvalue weighted by Gasteiger charge is 2.25. The van der Waals surface area contributed by atoms with Crippen molar-refractivity contribution in [1.82, 2.24) is 0 Å². The summed E-state index contributed by atoms with van der Waals surface area (Å²) in [6, 6.07) is 5.24. The number of carboxylic acids is 2. The van der Waals surface area contributed by atoms with Crippen LogP contribution in [0.4, 0.5) is 0 Å². The van der Waals surface area contributed by atoms with Gasteiger partial charge in [0.2, 0.25) is 0 Å². The number of benzene rings is 1. The number of hydrogen-bond acceptors (Lipinski definition) is 4. The number of hydrogen-bond donors (Lipinski definition) is 2. The first-order valence-electron chi connectivity index (χ1n) is 9.94. The van der Waals surface area contributed by atoms with E-state index in [4.69, 9.17) is 9.84 Å². The molecule has 1 atom stereocenters. The van der Waals surface area contributed by atoms with Crippen molar-refractivity contribution in [3.8, 4) is 5.75 Å². The van der Waals surface area contributed by atoms with Gasteiger partial charge in [0.25, 0.3) is 0 Å². The van der Waals surface area contributed by atoms with Crippen LogP contribution in [0.1, 0.15) is 75.5 Å². The summed E-state index contributed by atoms with van der Waals surface area (Å²) < 4.78 is 6.58. The molecule has 0 saturated heterocycles. The average molecular weight is 475 g/mol. The number of aliphatic carboxylic acids is 2. The minimum Gasteiger partial charge on any atom is -0.493 e. The summed E-state index contributed by atoms with van der Waals surface area (Å²) in [6.07, 6.45) is 11.0. The summed E-state index contributed by atoms with van der Waals surface area (Å²) >= 11 is 4.22. The Bertz CT molecular complexity index is 608. The zero-order chi connectivity index (χ0) is 20.8. The molecular weight excluding hydrogens is 444 g/mol. The number of carbonyl (C=O) groups is 2. The number of carboxylic acid groups (broad SMARTS) is 2. The highest BCUT2D eigenvalue weighted by molar-refractivity contribution is 9.10. The van der Waals surface area contributed by atoms with Crippen molar-refractivity contribution in [3.63, 3.8) is 0 Å². The van der Waals surface area contributed by atoms with Crippen LogP contribution >= 0.6 is 27.7 Å². The van der Waals surface area contributed by atoms with Crippen molar-refractivity contribution in [3.05, 3.63) is 28.2 Å². The molecule has 0 radical (unpaired) electrons. The lowest BCUT2D eigenvalue weighted by atomic mass is 10.1. The zero-order valence-electron chi connectivity index (χ0n) is 16.5. The lowest BCUT2D eigenvalue weighted by molar-refractivity contribution is -0.136. The molecule has 1 unspecified atom stereocenters. The predicted molar refractivity (Wildman–Crippen MR) is 117 cm³/mol. The van der Waals surface area contributed by atoms with E-state index in [0.29, 0.717) is 17.9 Å². The molecule has 0 fully saturated rings. The summed E-state index contributed by atoms with van der Waals surface area (Å²) in [7, 11) is 0. The molecule has 1 aromatic rings. The van der Waals surface area contributed by atoms with Crippen molar-refractivity contribution >= 4 is 39.6 Å². The van der Waals surface area contributed by atoms with Crippen LogP contribution in [-0.4, -0.2) is 34.5 Å². The van der Waals surface area contributed by atoms with Crippen molar-refractivity contribution in [2.75, 3.05) is 12.4 Å². The second-order valence-corrected chi connectivity index (χ2v) is 8.79. The summed E-state index contributed by atoms with van der Waals surface area (Å²) in [6.45, 7) is 2.75. The first-order chi connectivity index (χ1) is 13.5. The number of unbranched alkanes of at least 4 members (excludes halogenated alkanes) is 8. The van der Waals surface area contributed by atoms with Crippen molar-refractivity contribution in [2.45, 2.75) is 70.0 Å². The molecule has 28 heavy (non-hydrogen) atoms. The van der Waals surface area contributed by atoms with Gasteiger partial charge < -0.3 is 14.9 Å². The molecule has 0 aromatic heterocycles. The summed E-state index contributed by atoms with van der Waals surface area (Å²) in [5.41, 5.74) is 0.490. The van der Waals surface area contributed by atoms with Gasteiger partial charge in [0.05, 0.1) is 12.4 Å². The van der Waals surface area contributed by atoms with Gasteiger partial charge in [-0.05, 0) is 24.6 Å². The van der Waals surface area contributed by atoms with E-state index in [9.17, 15) is 14.7 Å². The largest absolute Gasteiger partial charge is 0.493 e. The van der Waals surface area contributed by atoms with Gasteiger partial charge in [0.15, 0.2) is 0 Å². The van der Waals surface area contributed by atoms with Crippen LogP contribution in [-0.2, 0) is 9.59 Å². The van der Waals surface area contributed by atoms with Crippen molar-refractivity contribution in [1.29, 1.82) is 0 Å². The maximum atomic E-state index is 11.6. The molecule has 0 spiro atoms. The smallest absolute Gasteiger partial charge is 0.321 e. The van der Waals surface area contributed by atoms with E-state index in [0.717, 1.165) is 29.1 Å². The fourth-order valence-corrected chi connectivity index (χ4v) is 4.09. The maximum Gasteiger partial charge on any atom is 0.321 e. The molecule has 0 bridgehead atoms. The Hall–Kier alpha value is -1.21. The third kappa shape index (κ3) is 10.4. The van der Waals surface area contributed by atoms with E-state index in [2.05, 4.69) is 22.9 Å².